The number of carbonyl (C=O) groups excluding carboxylic acids is 3. The summed E-state index contributed by atoms with van der Waals surface area (Å²) in [7, 11) is 1.51. The fourth-order valence-electron chi connectivity index (χ4n) is 4.02. The summed E-state index contributed by atoms with van der Waals surface area (Å²) in [5.74, 6) is -1.47. The van der Waals surface area contributed by atoms with Gasteiger partial charge < -0.3 is 0 Å². The van der Waals surface area contributed by atoms with E-state index in [4.69, 9.17) is 0 Å². The van der Waals surface area contributed by atoms with Gasteiger partial charge in [-0.25, -0.2) is 0 Å². The number of amides is 2. The molecule has 0 saturated carbocycles. The Morgan fingerprint density at radius 1 is 1.04 bits per heavy atom. The van der Waals surface area contributed by atoms with Crippen LogP contribution in [0.3, 0.4) is 0 Å². The summed E-state index contributed by atoms with van der Waals surface area (Å²) in [6.07, 6.45) is 3.32. The Kier molecular flexibility index (Phi) is 3.28. The molecule has 3 aliphatic heterocycles. The van der Waals surface area contributed by atoms with Gasteiger partial charge in [0.2, 0.25) is 11.8 Å². The summed E-state index contributed by atoms with van der Waals surface area (Å²) in [4.78, 5) is 40.4. The fourth-order valence-corrected chi connectivity index (χ4v) is 4.28. The van der Waals surface area contributed by atoms with Gasteiger partial charge in [0.25, 0.3) is 0 Å². The molecule has 0 aliphatic carbocycles. The number of hydrogen-bond donors (Lipinski definition) is 0. The molecule has 2 bridgehead atoms. The number of ketones is 1. The third kappa shape index (κ3) is 2.05. The number of halogens is 1. The number of nitrogens with zero attached hydrogens (tertiary/aromatic N) is 2. The van der Waals surface area contributed by atoms with E-state index in [0.29, 0.717) is 6.54 Å². The van der Waals surface area contributed by atoms with Crippen LogP contribution in [0.1, 0.15) is 5.56 Å². The molecule has 3 aliphatic rings. The topological polar surface area (TPSA) is 57.7 Å². The van der Waals surface area contributed by atoms with Crippen molar-refractivity contribution in [3.63, 3.8) is 0 Å². The highest BCUT2D eigenvalue weighted by Crippen LogP contribution is 2.45. The lowest BCUT2D eigenvalue weighted by Crippen LogP contribution is -2.48. The van der Waals surface area contributed by atoms with Crippen molar-refractivity contribution in [2.45, 2.75) is 18.6 Å². The minimum atomic E-state index is -0.546. The van der Waals surface area contributed by atoms with E-state index >= 15 is 0 Å². The smallest absolute Gasteiger partial charge is 0.234 e. The van der Waals surface area contributed by atoms with Gasteiger partial charge in [-0.2, -0.15) is 0 Å². The van der Waals surface area contributed by atoms with Crippen molar-refractivity contribution in [2.75, 3.05) is 7.05 Å². The monoisotopic (exact) mass is 374 g/mol. The van der Waals surface area contributed by atoms with E-state index in [9.17, 15) is 14.4 Å². The lowest BCUT2D eigenvalue weighted by Gasteiger charge is -2.32. The number of benzene rings is 1. The van der Waals surface area contributed by atoms with Gasteiger partial charge in [-0.05, 0) is 23.8 Å². The van der Waals surface area contributed by atoms with Crippen molar-refractivity contribution in [2.24, 2.45) is 11.8 Å². The molecular weight excluding hydrogens is 360 g/mol. The second-order valence-electron chi connectivity index (χ2n) is 6.28. The van der Waals surface area contributed by atoms with E-state index in [0.717, 1.165) is 10.0 Å². The Morgan fingerprint density at radius 3 is 2.39 bits per heavy atom. The number of imide groups is 1. The van der Waals surface area contributed by atoms with Gasteiger partial charge in [0.1, 0.15) is 0 Å². The largest absolute Gasteiger partial charge is 0.293 e. The van der Waals surface area contributed by atoms with Crippen LogP contribution in [0.4, 0.5) is 0 Å². The molecule has 6 heteroatoms. The standard InChI is InChI=1S/C17H15BrN2O3/c1-19-16(22)13-11-6-7-12(21)15(14(13)17(19)23)20(11)8-9-2-4-10(18)5-3-9/h2-7,11,13-15H,8H2,1H3/t11-,13-,14+,15-/m1/s1. The normalized spacial score (nSPS) is 32.8. The van der Waals surface area contributed by atoms with Crippen LogP contribution in [0, 0.1) is 11.8 Å². The van der Waals surface area contributed by atoms with Gasteiger partial charge in [-0.15, -0.1) is 0 Å². The maximum atomic E-state index is 12.4. The minimum absolute atomic E-state index is 0.0812. The quantitative estimate of drug-likeness (QED) is 0.733. The van der Waals surface area contributed by atoms with E-state index in [2.05, 4.69) is 15.9 Å². The van der Waals surface area contributed by atoms with Gasteiger partial charge in [-0.3, -0.25) is 24.2 Å². The molecule has 1 aromatic rings. The average Bonchev–Trinajstić information content (AvgIpc) is 2.89. The second kappa shape index (κ2) is 5.11. The van der Waals surface area contributed by atoms with Crippen molar-refractivity contribution < 1.29 is 14.4 Å². The summed E-state index contributed by atoms with van der Waals surface area (Å²) in [5, 5.41) is 0. The molecule has 2 amide bonds. The number of carbonyl (C=O) groups is 3. The zero-order valence-electron chi connectivity index (χ0n) is 12.5. The molecule has 3 heterocycles. The third-order valence-electron chi connectivity index (χ3n) is 5.09. The first-order chi connectivity index (χ1) is 11.0. The van der Waals surface area contributed by atoms with E-state index in [1.165, 1.54) is 18.0 Å². The van der Waals surface area contributed by atoms with Crippen LogP contribution in [-0.4, -0.2) is 46.5 Å². The Hall–Kier alpha value is -1.79. The molecule has 0 radical (unpaired) electrons. The first kappa shape index (κ1) is 14.8. The number of hydrogen-bond acceptors (Lipinski definition) is 4. The van der Waals surface area contributed by atoms with Crippen LogP contribution in [0.2, 0.25) is 0 Å². The first-order valence-electron chi connectivity index (χ1n) is 7.52. The molecule has 1 aromatic carbocycles. The van der Waals surface area contributed by atoms with Gasteiger partial charge in [-0.1, -0.05) is 34.1 Å². The summed E-state index contributed by atoms with van der Waals surface area (Å²) in [6, 6.07) is 7.15. The van der Waals surface area contributed by atoms with Crippen LogP contribution < -0.4 is 0 Å². The van der Waals surface area contributed by atoms with E-state index in [1.807, 2.05) is 29.2 Å². The molecule has 0 unspecified atom stereocenters. The summed E-state index contributed by atoms with van der Waals surface area (Å²) >= 11 is 3.40. The number of likely N-dealkylation sites (tertiary alicyclic amines) is 1. The molecule has 0 spiro atoms. The van der Waals surface area contributed by atoms with Gasteiger partial charge in [0.15, 0.2) is 5.78 Å². The van der Waals surface area contributed by atoms with Crippen molar-refractivity contribution in [1.82, 2.24) is 9.80 Å². The van der Waals surface area contributed by atoms with Crippen molar-refractivity contribution in [3.8, 4) is 0 Å². The van der Waals surface area contributed by atoms with Crippen LogP contribution in [0.5, 0.6) is 0 Å². The molecule has 5 nitrogen and oxygen atoms in total. The predicted molar refractivity (Wildman–Crippen MR) is 86.2 cm³/mol. The molecule has 2 fully saturated rings. The molecule has 118 valence electrons. The van der Waals surface area contributed by atoms with E-state index in [1.54, 1.807) is 6.08 Å². The van der Waals surface area contributed by atoms with E-state index < -0.39 is 17.9 Å². The van der Waals surface area contributed by atoms with Gasteiger partial charge in [0.05, 0.1) is 17.9 Å². The van der Waals surface area contributed by atoms with Gasteiger partial charge >= 0.3 is 0 Å². The van der Waals surface area contributed by atoms with Crippen molar-refractivity contribution >= 4 is 33.5 Å². The molecular formula is C17H15BrN2O3. The zero-order valence-corrected chi connectivity index (χ0v) is 14.1. The third-order valence-corrected chi connectivity index (χ3v) is 5.62. The molecule has 2 saturated heterocycles. The lowest BCUT2D eigenvalue weighted by atomic mass is 9.90. The Labute approximate surface area is 142 Å². The van der Waals surface area contributed by atoms with Crippen LogP contribution >= 0.6 is 15.9 Å². The Morgan fingerprint density at radius 2 is 1.70 bits per heavy atom. The van der Waals surface area contributed by atoms with Crippen LogP contribution in [0.25, 0.3) is 0 Å². The van der Waals surface area contributed by atoms with Gasteiger partial charge in [0, 0.05) is 24.1 Å². The SMILES string of the molecule is CN1C(=O)[C@H]2[C@H](C1=O)[C@H]1C(=O)C=C[C@H]2N1Cc1ccc(Br)cc1. The maximum Gasteiger partial charge on any atom is 0.234 e. The Bertz CT molecular complexity index is 743. The van der Waals surface area contributed by atoms with E-state index in [-0.39, 0.29) is 23.6 Å². The molecule has 4 atom stereocenters. The molecule has 0 N–H and O–H groups in total. The van der Waals surface area contributed by atoms with Crippen LogP contribution in [-0.2, 0) is 20.9 Å². The highest BCUT2D eigenvalue weighted by molar-refractivity contribution is 9.10. The highest BCUT2D eigenvalue weighted by atomic mass is 79.9. The highest BCUT2D eigenvalue weighted by Gasteiger charge is 2.63. The Balaban J connectivity index is 1.71. The molecule has 0 aromatic heterocycles. The zero-order chi connectivity index (χ0) is 16.3. The first-order valence-corrected chi connectivity index (χ1v) is 8.32. The second-order valence-corrected chi connectivity index (χ2v) is 7.20. The minimum Gasteiger partial charge on any atom is -0.293 e. The predicted octanol–water partition coefficient (Wildman–Crippen LogP) is 1.37. The summed E-state index contributed by atoms with van der Waals surface area (Å²) in [6.45, 7) is 0.552. The summed E-state index contributed by atoms with van der Waals surface area (Å²) in [5.41, 5.74) is 1.06. The van der Waals surface area contributed by atoms with Crippen LogP contribution in [0.15, 0.2) is 40.9 Å². The molecule has 23 heavy (non-hydrogen) atoms. The average molecular weight is 375 g/mol. The fraction of sp³-hybridized carbons (Fsp3) is 0.353. The summed E-state index contributed by atoms with van der Waals surface area (Å²) < 4.78 is 0.989. The molecule has 4 rings (SSSR count). The number of rotatable bonds is 2. The number of fused-ring (bicyclic) bond motifs is 5. The maximum absolute atomic E-state index is 12.4. The van der Waals surface area contributed by atoms with Crippen molar-refractivity contribution in [3.05, 3.63) is 46.5 Å². The lowest BCUT2D eigenvalue weighted by molar-refractivity contribution is -0.141. The van der Waals surface area contributed by atoms with Crippen molar-refractivity contribution in [1.29, 1.82) is 0 Å².